The molecular weight excluding hydrogens is 322 g/mol. The van der Waals surface area contributed by atoms with Crippen LogP contribution in [0, 0.1) is 0 Å². The molecule has 2 heterocycles. The number of hydrogen-bond donors (Lipinski definition) is 1. The molecule has 2 aromatic carbocycles. The summed E-state index contributed by atoms with van der Waals surface area (Å²) in [6.45, 7) is 2.82. The standard InChI is InChI=1S/C22H21N3O/c1-16(17-7-3-2-4-8-17)24-21-12-11-19(15-23-21)22(26)25-14-13-18-9-5-6-10-20(18)25/h2-12,15-16H,13-14H2,1H3,(H,23,24)/t16-/m1/s1. The van der Waals surface area contributed by atoms with Crippen LogP contribution in [0.4, 0.5) is 11.5 Å². The third kappa shape index (κ3) is 3.18. The van der Waals surface area contributed by atoms with Gasteiger partial charge in [0.2, 0.25) is 0 Å². The Kier molecular flexibility index (Phi) is 4.40. The first kappa shape index (κ1) is 16.3. The molecule has 1 aromatic heterocycles. The minimum absolute atomic E-state index is 0.00473. The first-order valence-corrected chi connectivity index (χ1v) is 8.90. The molecule has 3 aromatic rings. The lowest BCUT2D eigenvalue weighted by Gasteiger charge is -2.18. The van der Waals surface area contributed by atoms with Crippen LogP contribution in [-0.4, -0.2) is 17.4 Å². The van der Waals surface area contributed by atoms with Gasteiger partial charge in [-0.1, -0.05) is 48.5 Å². The van der Waals surface area contributed by atoms with Crippen molar-refractivity contribution in [2.75, 3.05) is 16.8 Å². The van der Waals surface area contributed by atoms with Gasteiger partial charge in [0.1, 0.15) is 5.82 Å². The highest BCUT2D eigenvalue weighted by molar-refractivity contribution is 6.07. The van der Waals surface area contributed by atoms with Gasteiger partial charge in [0.05, 0.1) is 5.56 Å². The maximum absolute atomic E-state index is 12.8. The third-order valence-electron chi connectivity index (χ3n) is 4.81. The van der Waals surface area contributed by atoms with Gasteiger partial charge in [-0.3, -0.25) is 4.79 Å². The molecule has 4 nitrogen and oxygen atoms in total. The highest BCUT2D eigenvalue weighted by Crippen LogP contribution is 2.29. The summed E-state index contributed by atoms with van der Waals surface area (Å²) in [7, 11) is 0. The molecule has 0 radical (unpaired) electrons. The van der Waals surface area contributed by atoms with E-state index in [9.17, 15) is 4.79 Å². The van der Waals surface area contributed by atoms with Crippen molar-refractivity contribution in [1.29, 1.82) is 0 Å². The highest BCUT2D eigenvalue weighted by atomic mass is 16.2. The molecule has 1 N–H and O–H groups in total. The number of nitrogens with one attached hydrogen (secondary N) is 1. The van der Waals surface area contributed by atoms with E-state index < -0.39 is 0 Å². The van der Waals surface area contributed by atoms with E-state index in [4.69, 9.17) is 0 Å². The lowest BCUT2D eigenvalue weighted by atomic mass is 10.1. The van der Waals surface area contributed by atoms with E-state index in [0.29, 0.717) is 5.56 Å². The second-order valence-corrected chi connectivity index (χ2v) is 6.54. The topological polar surface area (TPSA) is 45.2 Å². The minimum atomic E-state index is 0.00473. The van der Waals surface area contributed by atoms with Crippen LogP contribution in [0.15, 0.2) is 72.9 Å². The number of benzene rings is 2. The summed E-state index contributed by atoms with van der Waals surface area (Å²) in [6, 6.07) is 22.2. The van der Waals surface area contributed by atoms with Crippen LogP contribution in [0.2, 0.25) is 0 Å². The summed E-state index contributed by atoms with van der Waals surface area (Å²) in [6.07, 6.45) is 2.56. The fraction of sp³-hybridized carbons (Fsp3) is 0.182. The summed E-state index contributed by atoms with van der Waals surface area (Å²) in [5.74, 6) is 0.768. The number of rotatable bonds is 4. The van der Waals surface area contributed by atoms with Gasteiger partial charge in [-0.2, -0.15) is 0 Å². The van der Waals surface area contributed by atoms with Gasteiger partial charge in [-0.05, 0) is 42.7 Å². The number of amides is 1. The molecule has 4 heteroatoms. The lowest BCUT2D eigenvalue weighted by Crippen LogP contribution is -2.28. The average Bonchev–Trinajstić information content (AvgIpc) is 3.13. The van der Waals surface area contributed by atoms with Crippen molar-refractivity contribution in [2.45, 2.75) is 19.4 Å². The molecule has 1 aliphatic heterocycles. The third-order valence-corrected chi connectivity index (χ3v) is 4.81. The summed E-state index contributed by atoms with van der Waals surface area (Å²) in [4.78, 5) is 19.1. The summed E-state index contributed by atoms with van der Waals surface area (Å²) < 4.78 is 0. The van der Waals surface area contributed by atoms with Gasteiger partial charge in [0.25, 0.3) is 5.91 Å². The molecule has 1 aliphatic rings. The van der Waals surface area contributed by atoms with Crippen LogP contribution < -0.4 is 10.2 Å². The molecule has 0 saturated carbocycles. The number of aromatic nitrogens is 1. The van der Waals surface area contributed by atoms with E-state index >= 15 is 0 Å². The Labute approximate surface area is 153 Å². The van der Waals surface area contributed by atoms with Gasteiger partial charge in [0.15, 0.2) is 0 Å². The van der Waals surface area contributed by atoms with Crippen molar-refractivity contribution in [2.24, 2.45) is 0 Å². The Morgan fingerprint density at radius 2 is 1.81 bits per heavy atom. The quantitative estimate of drug-likeness (QED) is 0.761. The molecular formula is C22H21N3O. The Balaban J connectivity index is 1.47. The Morgan fingerprint density at radius 1 is 1.04 bits per heavy atom. The maximum atomic E-state index is 12.8. The summed E-state index contributed by atoms with van der Waals surface area (Å²) in [5.41, 5.74) is 4.05. The van der Waals surface area contributed by atoms with Crippen molar-refractivity contribution in [3.8, 4) is 0 Å². The highest BCUT2D eigenvalue weighted by Gasteiger charge is 2.25. The molecule has 0 spiro atoms. The molecule has 130 valence electrons. The molecule has 0 unspecified atom stereocenters. The molecule has 0 aliphatic carbocycles. The second kappa shape index (κ2) is 7.00. The average molecular weight is 343 g/mol. The van der Waals surface area contributed by atoms with E-state index in [1.807, 2.05) is 53.4 Å². The first-order chi connectivity index (χ1) is 12.7. The Bertz CT molecular complexity index is 906. The smallest absolute Gasteiger partial charge is 0.259 e. The van der Waals surface area contributed by atoms with E-state index in [1.165, 1.54) is 11.1 Å². The number of nitrogens with zero attached hydrogens (tertiary/aromatic N) is 2. The van der Waals surface area contributed by atoms with Crippen LogP contribution in [0.3, 0.4) is 0 Å². The maximum Gasteiger partial charge on any atom is 0.259 e. The number of carbonyl (C=O) groups is 1. The van der Waals surface area contributed by atoms with E-state index in [1.54, 1.807) is 6.20 Å². The van der Waals surface area contributed by atoms with Crippen LogP contribution in [0.25, 0.3) is 0 Å². The van der Waals surface area contributed by atoms with Gasteiger partial charge < -0.3 is 10.2 Å². The van der Waals surface area contributed by atoms with Crippen LogP contribution >= 0.6 is 0 Å². The fourth-order valence-electron chi connectivity index (χ4n) is 3.36. The van der Waals surface area contributed by atoms with Gasteiger partial charge in [-0.25, -0.2) is 4.98 Å². The summed E-state index contributed by atoms with van der Waals surface area (Å²) in [5, 5.41) is 3.37. The van der Waals surface area contributed by atoms with Crippen molar-refractivity contribution in [1.82, 2.24) is 4.98 Å². The SMILES string of the molecule is C[C@@H](Nc1ccc(C(=O)N2CCc3ccccc32)cn1)c1ccccc1. The van der Waals surface area contributed by atoms with E-state index in [0.717, 1.165) is 24.5 Å². The van der Waals surface area contributed by atoms with Crippen LogP contribution in [0.1, 0.15) is 34.5 Å². The number of carbonyl (C=O) groups excluding carboxylic acids is 1. The van der Waals surface area contributed by atoms with E-state index in [-0.39, 0.29) is 11.9 Å². The number of hydrogen-bond acceptors (Lipinski definition) is 3. The van der Waals surface area contributed by atoms with E-state index in [2.05, 4.69) is 35.4 Å². The number of anilines is 2. The van der Waals surface area contributed by atoms with Crippen LogP contribution in [-0.2, 0) is 6.42 Å². The molecule has 0 fully saturated rings. The van der Waals surface area contributed by atoms with Gasteiger partial charge >= 0.3 is 0 Å². The van der Waals surface area contributed by atoms with Crippen LogP contribution in [0.5, 0.6) is 0 Å². The monoisotopic (exact) mass is 343 g/mol. The summed E-state index contributed by atoms with van der Waals surface area (Å²) >= 11 is 0. The van der Waals surface area contributed by atoms with Gasteiger partial charge in [-0.15, -0.1) is 0 Å². The molecule has 1 atom stereocenters. The largest absolute Gasteiger partial charge is 0.364 e. The molecule has 0 bridgehead atoms. The fourth-order valence-corrected chi connectivity index (χ4v) is 3.36. The minimum Gasteiger partial charge on any atom is -0.364 e. The molecule has 4 rings (SSSR count). The predicted molar refractivity (Wildman–Crippen MR) is 105 cm³/mol. The number of para-hydroxylation sites is 1. The predicted octanol–water partition coefficient (Wildman–Crippen LogP) is 4.46. The second-order valence-electron chi connectivity index (χ2n) is 6.54. The molecule has 0 saturated heterocycles. The zero-order valence-electron chi connectivity index (χ0n) is 14.7. The van der Waals surface area contributed by atoms with Crippen molar-refractivity contribution in [3.05, 3.63) is 89.6 Å². The van der Waals surface area contributed by atoms with Crippen molar-refractivity contribution < 1.29 is 4.79 Å². The zero-order chi connectivity index (χ0) is 17.9. The molecule has 26 heavy (non-hydrogen) atoms. The van der Waals surface area contributed by atoms with Crippen molar-refractivity contribution >= 4 is 17.4 Å². The normalized spacial score (nSPS) is 14.0. The molecule has 1 amide bonds. The Morgan fingerprint density at radius 3 is 2.58 bits per heavy atom. The van der Waals surface area contributed by atoms with Crippen molar-refractivity contribution in [3.63, 3.8) is 0 Å². The lowest BCUT2D eigenvalue weighted by molar-refractivity contribution is 0.0989. The number of pyridine rings is 1. The van der Waals surface area contributed by atoms with Gasteiger partial charge in [0, 0.05) is 24.5 Å². The zero-order valence-corrected chi connectivity index (χ0v) is 14.7. The first-order valence-electron chi connectivity index (χ1n) is 8.90. The number of fused-ring (bicyclic) bond motifs is 1. The Hall–Kier alpha value is -3.14.